The maximum Gasteiger partial charge on any atom is 0.410 e. The molecule has 0 atom stereocenters. The van der Waals surface area contributed by atoms with Crippen molar-refractivity contribution in [1.29, 1.82) is 0 Å². The predicted octanol–water partition coefficient (Wildman–Crippen LogP) is 4.32. The zero-order valence-electron chi connectivity index (χ0n) is 15.4. The number of nitrogens with zero attached hydrogens (tertiary/aromatic N) is 2. The van der Waals surface area contributed by atoms with Crippen LogP contribution in [0.5, 0.6) is 5.75 Å². The van der Waals surface area contributed by atoms with Gasteiger partial charge in [-0.3, -0.25) is 4.98 Å². The van der Waals surface area contributed by atoms with Crippen LogP contribution in [0.15, 0.2) is 30.5 Å². The number of aryl methyl sites for hydroxylation is 1. The maximum absolute atomic E-state index is 12.1. The molecule has 0 bridgehead atoms. The number of carbonyl (C=O) groups is 1. The molecule has 25 heavy (non-hydrogen) atoms. The van der Waals surface area contributed by atoms with Crippen LogP contribution in [0.25, 0.3) is 10.9 Å². The van der Waals surface area contributed by atoms with E-state index in [1.54, 1.807) is 4.90 Å². The van der Waals surface area contributed by atoms with E-state index in [4.69, 9.17) is 9.47 Å². The molecule has 0 spiro atoms. The highest BCUT2D eigenvalue weighted by Gasteiger charge is 2.27. The van der Waals surface area contributed by atoms with Crippen molar-refractivity contribution in [1.82, 2.24) is 9.88 Å². The molecule has 1 amide bonds. The van der Waals surface area contributed by atoms with Gasteiger partial charge in [0.05, 0.1) is 0 Å². The molecule has 134 valence electrons. The number of piperidine rings is 1. The molecule has 1 aliphatic rings. The molecule has 2 heterocycles. The van der Waals surface area contributed by atoms with Crippen LogP contribution in [0.3, 0.4) is 0 Å². The Morgan fingerprint density at radius 3 is 2.60 bits per heavy atom. The van der Waals surface area contributed by atoms with E-state index in [0.29, 0.717) is 13.1 Å². The number of rotatable bonds is 2. The number of para-hydroxylation sites is 1. The van der Waals surface area contributed by atoms with E-state index < -0.39 is 5.60 Å². The molecule has 1 aliphatic heterocycles. The van der Waals surface area contributed by atoms with Gasteiger partial charge in [0.2, 0.25) is 0 Å². The normalized spacial score (nSPS) is 16.1. The summed E-state index contributed by atoms with van der Waals surface area (Å²) >= 11 is 0. The Balaban J connectivity index is 1.63. The maximum atomic E-state index is 12.1. The Bertz CT molecular complexity index is 759. The lowest BCUT2D eigenvalue weighted by molar-refractivity contribution is 0.0127. The van der Waals surface area contributed by atoms with Crippen molar-refractivity contribution in [2.24, 2.45) is 0 Å². The molecule has 0 N–H and O–H groups in total. The molecule has 0 saturated carbocycles. The van der Waals surface area contributed by atoms with E-state index in [9.17, 15) is 4.79 Å². The largest absolute Gasteiger partial charge is 0.488 e. The van der Waals surface area contributed by atoms with Crippen molar-refractivity contribution in [3.8, 4) is 5.75 Å². The Hall–Kier alpha value is -2.30. The average Bonchev–Trinajstić information content (AvgIpc) is 2.55. The standard InChI is InChI=1S/C20H26N2O3/c1-14-8-11-21-18-16(14)6-5-7-17(18)24-15-9-12-22(13-10-15)19(23)25-20(2,3)4/h5-8,11,15H,9-10,12-13H2,1-4H3. The predicted molar refractivity (Wildman–Crippen MR) is 97.9 cm³/mol. The fourth-order valence-corrected chi connectivity index (χ4v) is 3.04. The van der Waals surface area contributed by atoms with Gasteiger partial charge in [0, 0.05) is 37.5 Å². The van der Waals surface area contributed by atoms with Crippen molar-refractivity contribution >= 4 is 17.0 Å². The van der Waals surface area contributed by atoms with Gasteiger partial charge in [-0.2, -0.15) is 0 Å². The second kappa shape index (κ2) is 6.90. The fourth-order valence-electron chi connectivity index (χ4n) is 3.04. The smallest absolute Gasteiger partial charge is 0.410 e. The highest BCUT2D eigenvalue weighted by molar-refractivity contribution is 5.87. The third-order valence-electron chi connectivity index (χ3n) is 4.34. The number of carbonyl (C=O) groups excluding carboxylic acids is 1. The van der Waals surface area contributed by atoms with Crippen LogP contribution >= 0.6 is 0 Å². The number of likely N-dealkylation sites (tertiary alicyclic amines) is 1. The lowest BCUT2D eigenvalue weighted by Crippen LogP contribution is -2.44. The van der Waals surface area contributed by atoms with Crippen LogP contribution in [-0.2, 0) is 4.74 Å². The highest BCUT2D eigenvalue weighted by atomic mass is 16.6. The fraction of sp³-hybridized carbons (Fsp3) is 0.500. The van der Waals surface area contributed by atoms with Gasteiger partial charge in [-0.1, -0.05) is 12.1 Å². The third kappa shape index (κ3) is 4.21. The molecule has 1 fully saturated rings. The van der Waals surface area contributed by atoms with E-state index in [0.717, 1.165) is 29.5 Å². The number of amides is 1. The molecular weight excluding hydrogens is 316 g/mol. The first-order valence-corrected chi connectivity index (χ1v) is 8.82. The quantitative estimate of drug-likeness (QED) is 0.815. The second-order valence-corrected chi connectivity index (χ2v) is 7.56. The first kappa shape index (κ1) is 17.5. The minimum Gasteiger partial charge on any atom is -0.488 e. The Labute approximate surface area is 148 Å². The average molecular weight is 342 g/mol. The summed E-state index contributed by atoms with van der Waals surface area (Å²) in [6.07, 6.45) is 3.25. The number of fused-ring (bicyclic) bond motifs is 1. The van der Waals surface area contributed by atoms with Crippen LogP contribution in [0, 0.1) is 6.92 Å². The van der Waals surface area contributed by atoms with E-state index in [-0.39, 0.29) is 12.2 Å². The summed E-state index contributed by atoms with van der Waals surface area (Å²) in [7, 11) is 0. The number of benzene rings is 1. The van der Waals surface area contributed by atoms with E-state index in [1.165, 1.54) is 5.56 Å². The molecule has 1 aromatic heterocycles. The first-order valence-electron chi connectivity index (χ1n) is 8.82. The molecule has 1 aromatic carbocycles. The molecule has 0 radical (unpaired) electrons. The van der Waals surface area contributed by atoms with Crippen molar-refractivity contribution in [2.45, 2.75) is 52.2 Å². The summed E-state index contributed by atoms with van der Waals surface area (Å²) in [5, 5.41) is 1.12. The number of hydrogen-bond donors (Lipinski definition) is 0. The van der Waals surface area contributed by atoms with Gasteiger partial charge in [0.25, 0.3) is 0 Å². The van der Waals surface area contributed by atoms with Crippen LogP contribution in [0.1, 0.15) is 39.2 Å². The lowest BCUT2D eigenvalue weighted by Gasteiger charge is -2.33. The van der Waals surface area contributed by atoms with E-state index in [2.05, 4.69) is 18.0 Å². The zero-order valence-corrected chi connectivity index (χ0v) is 15.4. The summed E-state index contributed by atoms with van der Waals surface area (Å²) in [5.74, 6) is 0.817. The van der Waals surface area contributed by atoms with Gasteiger partial charge in [0.1, 0.15) is 23.0 Å². The SMILES string of the molecule is Cc1ccnc2c(OC3CCN(C(=O)OC(C)(C)C)CC3)cccc12. The molecule has 2 aromatic rings. The number of ether oxygens (including phenoxy) is 2. The minimum absolute atomic E-state index is 0.0894. The third-order valence-corrected chi connectivity index (χ3v) is 4.34. The topological polar surface area (TPSA) is 51.7 Å². The monoisotopic (exact) mass is 342 g/mol. The van der Waals surface area contributed by atoms with Gasteiger partial charge in [0.15, 0.2) is 0 Å². The van der Waals surface area contributed by atoms with Gasteiger partial charge in [-0.25, -0.2) is 4.79 Å². The van der Waals surface area contributed by atoms with Crippen molar-refractivity contribution in [3.05, 3.63) is 36.0 Å². The molecule has 0 unspecified atom stereocenters. The molecule has 5 heteroatoms. The summed E-state index contributed by atoms with van der Waals surface area (Å²) in [6, 6.07) is 8.04. The van der Waals surface area contributed by atoms with E-state index in [1.807, 2.05) is 45.2 Å². The van der Waals surface area contributed by atoms with Gasteiger partial charge < -0.3 is 14.4 Å². The zero-order chi connectivity index (χ0) is 18.0. The second-order valence-electron chi connectivity index (χ2n) is 7.56. The molecule has 5 nitrogen and oxygen atoms in total. The Kier molecular flexibility index (Phi) is 4.84. The van der Waals surface area contributed by atoms with Crippen LogP contribution in [0.4, 0.5) is 4.79 Å². The van der Waals surface area contributed by atoms with Crippen LogP contribution < -0.4 is 4.74 Å². The summed E-state index contributed by atoms with van der Waals surface area (Å²) in [6.45, 7) is 9.03. The van der Waals surface area contributed by atoms with Gasteiger partial charge in [-0.05, 0) is 45.4 Å². The molecule has 1 saturated heterocycles. The van der Waals surface area contributed by atoms with Gasteiger partial charge in [-0.15, -0.1) is 0 Å². The molecule has 3 rings (SSSR count). The Morgan fingerprint density at radius 2 is 1.92 bits per heavy atom. The highest BCUT2D eigenvalue weighted by Crippen LogP contribution is 2.28. The van der Waals surface area contributed by atoms with Crippen molar-refractivity contribution in [3.63, 3.8) is 0 Å². The number of pyridine rings is 1. The minimum atomic E-state index is -0.461. The number of hydrogen-bond acceptors (Lipinski definition) is 4. The van der Waals surface area contributed by atoms with Crippen LogP contribution in [-0.4, -0.2) is 40.8 Å². The molecular formula is C20H26N2O3. The summed E-state index contributed by atoms with van der Waals surface area (Å²) in [4.78, 5) is 18.4. The lowest BCUT2D eigenvalue weighted by atomic mass is 10.1. The van der Waals surface area contributed by atoms with Crippen molar-refractivity contribution < 1.29 is 14.3 Å². The summed E-state index contributed by atoms with van der Waals surface area (Å²) in [5.41, 5.74) is 1.63. The Morgan fingerprint density at radius 1 is 1.20 bits per heavy atom. The summed E-state index contributed by atoms with van der Waals surface area (Å²) < 4.78 is 11.6. The number of aromatic nitrogens is 1. The van der Waals surface area contributed by atoms with Gasteiger partial charge >= 0.3 is 6.09 Å². The van der Waals surface area contributed by atoms with E-state index >= 15 is 0 Å². The first-order chi connectivity index (χ1) is 11.8. The van der Waals surface area contributed by atoms with Crippen molar-refractivity contribution in [2.75, 3.05) is 13.1 Å². The molecule has 0 aliphatic carbocycles. The van der Waals surface area contributed by atoms with Crippen LogP contribution in [0.2, 0.25) is 0 Å².